The van der Waals surface area contributed by atoms with Crippen LogP contribution >= 0.6 is 0 Å². The zero-order chi connectivity index (χ0) is 15.4. The van der Waals surface area contributed by atoms with Gasteiger partial charge in [-0.15, -0.1) is 0 Å². The molecule has 2 rings (SSSR count). The number of benzene rings is 1. The first-order valence-corrected chi connectivity index (χ1v) is 7.71. The number of ether oxygens (including phenoxy) is 1. The Bertz CT molecular complexity index is 500. The summed E-state index contributed by atoms with van der Waals surface area (Å²) in [5.41, 5.74) is 8.15. The van der Waals surface area contributed by atoms with Crippen molar-refractivity contribution in [3.8, 4) is 5.75 Å². The molecule has 0 aliphatic carbocycles. The molecule has 1 amide bonds. The Kier molecular flexibility index (Phi) is 5.23. The first-order chi connectivity index (χ1) is 9.97. The Balaban J connectivity index is 1.91. The molecule has 1 heterocycles. The van der Waals surface area contributed by atoms with Crippen LogP contribution in [-0.4, -0.2) is 36.5 Å². The molecule has 0 saturated carbocycles. The van der Waals surface area contributed by atoms with Crippen molar-refractivity contribution in [1.82, 2.24) is 4.90 Å². The van der Waals surface area contributed by atoms with E-state index in [0.717, 1.165) is 42.8 Å². The molecule has 0 bridgehead atoms. The summed E-state index contributed by atoms with van der Waals surface area (Å²) in [7, 11) is 0. The average Bonchev–Trinajstić information content (AvgIpc) is 2.48. The van der Waals surface area contributed by atoms with E-state index < -0.39 is 0 Å². The maximum Gasteiger partial charge on any atom is 0.260 e. The largest absolute Gasteiger partial charge is 0.483 e. The fourth-order valence-corrected chi connectivity index (χ4v) is 2.76. The van der Waals surface area contributed by atoms with Gasteiger partial charge in [0.05, 0.1) is 0 Å². The van der Waals surface area contributed by atoms with Crippen molar-refractivity contribution in [2.24, 2.45) is 11.7 Å². The maximum absolute atomic E-state index is 12.3. The summed E-state index contributed by atoms with van der Waals surface area (Å²) < 4.78 is 5.71. The van der Waals surface area contributed by atoms with Crippen LogP contribution in [0.15, 0.2) is 18.2 Å². The number of nitrogens with zero attached hydrogens (tertiary/aromatic N) is 1. The van der Waals surface area contributed by atoms with E-state index in [1.54, 1.807) is 0 Å². The van der Waals surface area contributed by atoms with Crippen molar-refractivity contribution in [2.45, 2.75) is 39.7 Å². The van der Waals surface area contributed by atoms with E-state index in [0.29, 0.717) is 5.92 Å². The summed E-state index contributed by atoms with van der Waals surface area (Å²) in [6.07, 6.45) is 2.14. The molecule has 2 N–H and O–H groups in total. The molecule has 0 unspecified atom stereocenters. The lowest BCUT2D eigenvalue weighted by molar-refractivity contribution is -0.135. The van der Waals surface area contributed by atoms with Gasteiger partial charge in [-0.3, -0.25) is 4.79 Å². The Morgan fingerprint density at radius 1 is 1.48 bits per heavy atom. The molecule has 0 radical (unpaired) electrons. The predicted molar refractivity (Wildman–Crippen MR) is 84.4 cm³/mol. The molecule has 116 valence electrons. The number of carbonyl (C=O) groups excluding carboxylic acids is 1. The van der Waals surface area contributed by atoms with Crippen LogP contribution in [0.1, 0.15) is 30.9 Å². The molecule has 21 heavy (non-hydrogen) atoms. The van der Waals surface area contributed by atoms with Crippen LogP contribution in [0.2, 0.25) is 0 Å². The van der Waals surface area contributed by atoms with Gasteiger partial charge >= 0.3 is 0 Å². The van der Waals surface area contributed by atoms with Crippen LogP contribution in [0.25, 0.3) is 0 Å². The lowest BCUT2D eigenvalue weighted by Crippen LogP contribution is -2.46. The van der Waals surface area contributed by atoms with E-state index in [-0.39, 0.29) is 18.6 Å². The number of rotatable bonds is 4. The van der Waals surface area contributed by atoms with Gasteiger partial charge in [0.1, 0.15) is 5.75 Å². The van der Waals surface area contributed by atoms with Crippen molar-refractivity contribution in [3.63, 3.8) is 0 Å². The van der Waals surface area contributed by atoms with Crippen LogP contribution in [0.4, 0.5) is 0 Å². The van der Waals surface area contributed by atoms with Crippen molar-refractivity contribution in [3.05, 3.63) is 29.3 Å². The second-order valence-corrected chi connectivity index (χ2v) is 6.16. The van der Waals surface area contributed by atoms with Gasteiger partial charge in [0.25, 0.3) is 5.91 Å². The van der Waals surface area contributed by atoms with Gasteiger partial charge < -0.3 is 15.4 Å². The Labute approximate surface area is 127 Å². The number of hydrogen-bond donors (Lipinski definition) is 1. The smallest absolute Gasteiger partial charge is 0.260 e. The van der Waals surface area contributed by atoms with Crippen LogP contribution in [0, 0.1) is 19.8 Å². The molecule has 1 aliphatic heterocycles. The first kappa shape index (κ1) is 15.8. The van der Waals surface area contributed by atoms with Gasteiger partial charge in [-0.2, -0.15) is 0 Å². The van der Waals surface area contributed by atoms with Crippen molar-refractivity contribution >= 4 is 5.91 Å². The van der Waals surface area contributed by atoms with Crippen LogP contribution in [0.5, 0.6) is 5.75 Å². The first-order valence-electron chi connectivity index (χ1n) is 7.71. The topological polar surface area (TPSA) is 55.6 Å². The standard InChI is InChI=1S/C17H26N2O2/c1-12-6-7-13(2)16(9-12)21-11-17(20)19-8-4-5-15(10-19)14(3)18/h6-7,9,14-15H,4-5,8,10-11,18H2,1-3H3/t14-,15+/m1/s1. The van der Waals surface area contributed by atoms with Crippen LogP contribution in [-0.2, 0) is 4.79 Å². The number of hydrogen-bond acceptors (Lipinski definition) is 3. The van der Waals surface area contributed by atoms with E-state index in [2.05, 4.69) is 0 Å². The normalized spacial score (nSPS) is 20.2. The quantitative estimate of drug-likeness (QED) is 0.925. The molecule has 1 fully saturated rings. The minimum atomic E-state index is 0.0567. The number of likely N-dealkylation sites (tertiary alicyclic amines) is 1. The number of aryl methyl sites for hydroxylation is 2. The third kappa shape index (κ3) is 4.21. The monoisotopic (exact) mass is 290 g/mol. The minimum absolute atomic E-state index is 0.0567. The minimum Gasteiger partial charge on any atom is -0.483 e. The number of amides is 1. The van der Waals surface area contributed by atoms with Gasteiger partial charge in [0.15, 0.2) is 6.61 Å². The predicted octanol–water partition coefficient (Wildman–Crippen LogP) is 2.27. The highest BCUT2D eigenvalue weighted by Crippen LogP contribution is 2.21. The summed E-state index contributed by atoms with van der Waals surface area (Å²) in [5.74, 6) is 1.26. The average molecular weight is 290 g/mol. The van der Waals surface area contributed by atoms with Crippen LogP contribution in [0.3, 0.4) is 0 Å². The summed E-state index contributed by atoms with van der Waals surface area (Å²) in [5, 5.41) is 0. The SMILES string of the molecule is Cc1ccc(C)c(OCC(=O)N2CCC[C@H]([C@@H](C)N)C2)c1. The molecule has 4 heteroatoms. The molecule has 0 aromatic heterocycles. The zero-order valence-corrected chi connectivity index (χ0v) is 13.3. The molecule has 2 atom stereocenters. The molecule has 1 aliphatic rings. The number of nitrogens with two attached hydrogens (primary N) is 1. The van der Waals surface area contributed by atoms with Crippen LogP contribution < -0.4 is 10.5 Å². The van der Waals surface area contributed by atoms with Crippen molar-refractivity contribution < 1.29 is 9.53 Å². The Morgan fingerprint density at radius 3 is 2.95 bits per heavy atom. The highest BCUT2D eigenvalue weighted by molar-refractivity contribution is 5.78. The van der Waals surface area contributed by atoms with Gasteiger partial charge in [-0.1, -0.05) is 12.1 Å². The van der Waals surface area contributed by atoms with Gasteiger partial charge in [0, 0.05) is 19.1 Å². The van der Waals surface area contributed by atoms with Crippen molar-refractivity contribution in [1.29, 1.82) is 0 Å². The molecular formula is C17H26N2O2. The highest BCUT2D eigenvalue weighted by atomic mass is 16.5. The van der Waals surface area contributed by atoms with E-state index in [1.165, 1.54) is 0 Å². The summed E-state index contributed by atoms with van der Waals surface area (Å²) in [6, 6.07) is 6.17. The van der Waals surface area contributed by atoms with E-state index in [9.17, 15) is 4.79 Å². The Hall–Kier alpha value is -1.55. The molecule has 1 aromatic rings. The van der Waals surface area contributed by atoms with E-state index >= 15 is 0 Å². The molecule has 0 spiro atoms. The van der Waals surface area contributed by atoms with E-state index in [4.69, 9.17) is 10.5 Å². The second kappa shape index (κ2) is 6.94. The lowest BCUT2D eigenvalue weighted by Gasteiger charge is -2.34. The zero-order valence-electron chi connectivity index (χ0n) is 13.3. The fourth-order valence-electron chi connectivity index (χ4n) is 2.76. The molecule has 1 aromatic carbocycles. The Morgan fingerprint density at radius 2 is 2.24 bits per heavy atom. The highest BCUT2D eigenvalue weighted by Gasteiger charge is 2.25. The fraction of sp³-hybridized carbons (Fsp3) is 0.588. The van der Waals surface area contributed by atoms with Gasteiger partial charge in [0.2, 0.25) is 0 Å². The van der Waals surface area contributed by atoms with Gasteiger partial charge in [-0.05, 0) is 56.7 Å². The summed E-state index contributed by atoms with van der Waals surface area (Å²) in [6.45, 7) is 7.71. The van der Waals surface area contributed by atoms with Gasteiger partial charge in [-0.25, -0.2) is 0 Å². The summed E-state index contributed by atoms with van der Waals surface area (Å²) in [4.78, 5) is 14.2. The molecular weight excluding hydrogens is 264 g/mol. The maximum atomic E-state index is 12.3. The second-order valence-electron chi connectivity index (χ2n) is 6.16. The number of carbonyl (C=O) groups is 1. The van der Waals surface area contributed by atoms with E-state index in [1.807, 2.05) is 43.9 Å². The number of piperidine rings is 1. The molecule has 4 nitrogen and oxygen atoms in total. The van der Waals surface area contributed by atoms with Crippen molar-refractivity contribution in [2.75, 3.05) is 19.7 Å². The third-order valence-electron chi connectivity index (χ3n) is 4.25. The lowest BCUT2D eigenvalue weighted by atomic mass is 9.92. The third-order valence-corrected chi connectivity index (χ3v) is 4.25. The summed E-state index contributed by atoms with van der Waals surface area (Å²) >= 11 is 0. The molecule has 1 saturated heterocycles.